The second kappa shape index (κ2) is 6.25. The van der Waals surface area contributed by atoms with Crippen LogP contribution in [0.5, 0.6) is 5.75 Å². The quantitative estimate of drug-likeness (QED) is 0.752. The molecule has 112 valence electrons. The van der Waals surface area contributed by atoms with E-state index >= 15 is 0 Å². The summed E-state index contributed by atoms with van der Waals surface area (Å²) in [7, 11) is 0. The summed E-state index contributed by atoms with van der Waals surface area (Å²) >= 11 is 0. The Morgan fingerprint density at radius 2 is 2.05 bits per heavy atom. The SMILES string of the molecule is Cc1cc(OCC(=O)NC(=O)NC2CC2)ccc1C(=O)O. The molecule has 2 rings (SSSR count). The minimum absolute atomic E-state index is 0.171. The van der Waals surface area contributed by atoms with Gasteiger partial charge in [-0.1, -0.05) is 0 Å². The zero-order chi connectivity index (χ0) is 15.4. The number of imide groups is 1. The molecule has 1 fully saturated rings. The number of urea groups is 1. The van der Waals surface area contributed by atoms with Gasteiger partial charge in [0.25, 0.3) is 5.91 Å². The van der Waals surface area contributed by atoms with E-state index in [1.54, 1.807) is 6.92 Å². The summed E-state index contributed by atoms with van der Waals surface area (Å²) in [5, 5.41) is 13.7. The number of carboxylic acid groups (broad SMARTS) is 1. The summed E-state index contributed by atoms with van der Waals surface area (Å²) in [4.78, 5) is 33.7. The number of carbonyl (C=O) groups excluding carboxylic acids is 2. The number of nitrogens with one attached hydrogen (secondary N) is 2. The van der Waals surface area contributed by atoms with Crippen LogP contribution in [0.2, 0.25) is 0 Å². The standard InChI is InChI=1S/C14H16N2O5/c1-8-6-10(4-5-11(8)13(18)19)21-7-12(17)16-14(20)15-9-2-3-9/h4-6,9H,2-3,7H2,1H3,(H,18,19)(H2,15,16,17,20). The van der Waals surface area contributed by atoms with Gasteiger partial charge in [0.2, 0.25) is 0 Å². The zero-order valence-electron chi connectivity index (χ0n) is 11.5. The van der Waals surface area contributed by atoms with Gasteiger partial charge in [-0.2, -0.15) is 0 Å². The summed E-state index contributed by atoms with van der Waals surface area (Å²) in [5.74, 6) is -1.21. The molecule has 21 heavy (non-hydrogen) atoms. The lowest BCUT2D eigenvalue weighted by molar-refractivity contribution is -0.122. The molecule has 0 aromatic heterocycles. The van der Waals surface area contributed by atoms with Crippen LogP contribution < -0.4 is 15.4 Å². The summed E-state index contributed by atoms with van der Waals surface area (Å²) in [6.45, 7) is 1.32. The Hall–Kier alpha value is -2.57. The Morgan fingerprint density at radius 1 is 1.33 bits per heavy atom. The average molecular weight is 292 g/mol. The van der Waals surface area contributed by atoms with Crippen LogP contribution in [0.1, 0.15) is 28.8 Å². The predicted molar refractivity (Wildman–Crippen MR) is 73.3 cm³/mol. The first-order valence-corrected chi connectivity index (χ1v) is 6.53. The first-order valence-electron chi connectivity index (χ1n) is 6.53. The number of hydrogen-bond donors (Lipinski definition) is 3. The van der Waals surface area contributed by atoms with Crippen molar-refractivity contribution in [2.75, 3.05) is 6.61 Å². The molecule has 0 atom stereocenters. The maximum Gasteiger partial charge on any atom is 0.335 e. The van der Waals surface area contributed by atoms with Gasteiger partial charge in [0.15, 0.2) is 6.61 Å². The summed E-state index contributed by atoms with van der Waals surface area (Å²) in [6.07, 6.45) is 1.88. The van der Waals surface area contributed by atoms with Crippen molar-refractivity contribution in [3.05, 3.63) is 29.3 Å². The average Bonchev–Trinajstić information content (AvgIpc) is 3.19. The molecule has 0 bridgehead atoms. The van der Waals surface area contributed by atoms with Crippen molar-refractivity contribution in [2.24, 2.45) is 0 Å². The lowest BCUT2D eigenvalue weighted by Crippen LogP contribution is -2.42. The van der Waals surface area contributed by atoms with Gasteiger partial charge in [-0.25, -0.2) is 9.59 Å². The smallest absolute Gasteiger partial charge is 0.335 e. The predicted octanol–water partition coefficient (Wildman–Crippen LogP) is 1.06. The van der Waals surface area contributed by atoms with Gasteiger partial charge in [0, 0.05) is 6.04 Å². The fourth-order valence-corrected chi connectivity index (χ4v) is 1.73. The van der Waals surface area contributed by atoms with E-state index in [0.717, 1.165) is 12.8 Å². The van der Waals surface area contributed by atoms with Crippen molar-refractivity contribution >= 4 is 17.9 Å². The molecular formula is C14H16N2O5. The van der Waals surface area contributed by atoms with Crippen LogP contribution >= 0.6 is 0 Å². The van der Waals surface area contributed by atoms with E-state index in [-0.39, 0.29) is 18.2 Å². The van der Waals surface area contributed by atoms with E-state index in [1.807, 2.05) is 0 Å². The molecule has 0 spiro atoms. The van der Waals surface area contributed by atoms with Crippen molar-refractivity contribution in [3.8, 4) is 5.75 Å². The van der Waals surface area contributed by atoms with E-state index in [9.17, 15) is 14.4 Å². The summed E-state index contributed by atoms with van der Waals surface area (Å²) < 4.78 is 5.22. The van der Waals surface area contributed by atoms with Crippen molar-refractivity contribution in [2.45, 2.75) is 25.8 Å². The van der Waals surface area contributed by atoms with Gasteiger partial charge in [-0.3, -0.25) is 10.1 Å². The minimum atomic E-state index is -1.02. The number of ether oxygens (including phenoxy) is 1. The third-order valence-electron chi connectivity index (χ3n) is 2.96. The first-order chi connectivity index (χ1) is 9.95. The topological polar surface area (TPSA) is 105 Å². The molecule has 3 amide bonds. The number of aromatic carboxylic acids is 1. The Morgan fingerprint density at radius 3 is 2.62 bits per heavy atom. The Kier molecular flexibility index (Phi) is 4.42. The van der Waals surface area contributed by atoms with Crippen LogP contribution in [0.4, 0.5) is 4.79 Å². The third-order valence-corrected chi connectivity index (χ3v) is 2.96. The summed E-state index contributed by atoms with van der Waals surface area (Å²) in [6, 6.07) is 4.05. The number of amides is 3. The van der Waals surface area contributed by atoms with Gasteiger partial charge >= 0.3 is 12.0 Å². The molecule has 0 heterocycles. The van der Waals surface area contributed by atoms with Crippen molar-refractivity contribution in [3.63, 3.8) is 0 Å². The third kappa shape index (κ3) is 4.48. The fourth-order valence-electron chi connectivity index (χ4n) is 1.73. The van der Waals surface area contributed by atoms with Crippen molar-refractivity contribution < 1.29 is 24.2 Å². The monoisotopic (exact) mass is 292 g/mol. The highest BCUT2D eigenvalue weighted by Gasteiger charge is 2.23. The van der Waals surface area contributed by atoms with Crippen molar-refractivity contribution in [1.82, 2.24) is 10.6 Å². The van der Waals surface area contributed by atoms with Crippen LogP contribution in [-0.4, -0.2) is 35.7 Å². The van der Waals surface area contributed by atoms with Crippen molar-refractivity contribution in [1.29, 1.82) is 0 Å². The molecule has 0 radical (unpaired) electrons. The highest BCUT2D eigenvalue weighted by atomic mass is 16.5. The molecule has 7 heteroatoms. The fraction of sp³-hybridized carbons (Fsp3) is 0.357. The Balaban J connectivity index is 1.81. The maximum absolute atomic E-state index is 11.5. The molecule has 1 aliphatic carbocycles. The van der Waals surface area contributed by atoms with E-state index in [1.165, 1.54) is 18.2 Å². The molecule has 7 nitrogen and oxygen atoms in total. The van der Waals surface area contributed by atoms with Gasteiger partial charge in [0.1, 0.15) is 5.75 Å². The Labute approximate surface area is 121 Å². The zero-order valence-corrected chi connectivity index (χ0v) is 11.5. The minimum Gasteiger partial charge on any atom is -0.484 e. The van der Waals surface area contributed by atoms with Gasteiger partial charge < -0.3 is 15.2 Å². The summed E-state index contributed by atoms with van der Waals surface area (Å²) in [5.41, 5.74) is 0.711. The number of carbonyl (C=O) groups is 3. The first kappa shape index (κ1) is 14.8. The second-order valence-corrected chi connectivity index (χ2v) is 4.87. The van der Waals surface area contributed by atoms with Crippen LogP contribution in [0.15, 0.2) is 18.2 Å². The number of hydrogen-bond acceptors (Lipinski definition) is 4. The molecule has 1 saturated carbocycles. The molecule has 1 aliphatic rings. The van der Waals surface area contributed by atoms with Gasteiger partial charge in [0.05, 0.1) is 5.56 Å². The molecule has 0 saturated heterocycles. The van der Waals surface area contributed by atoms with Crippen LogP contribution in [-0.2, 0) is 4.79 Å². The van der Waals surface area contributed by atoms with E-state index in [2.05, 4.69) is 10.6 Å². The highest BCUT2D eigenvalue weighted by Crippen LogP contribution is 2.18. The van der Waals surface area contributed by atoms with E-state index in [0.29, 0.717) is 11.3 Å². The number of carboxylic acids is 1. The highest BCUT2D eigenvalue weighted by molar-refractivity contribution is 5.95. The van der Waals surface area contributed by atoms with E-state index in [4.69, 9.17) is 9.84 Å². The molecule has 1 aromatic carbocycles. The molecular weight excluding hydrogens is 276 g/mol. The lowest BCUT2D eigenvalue weighted by atomic mass is 10.1. The largest absolute Gasteiger partial charge is 0.484 e. The van der Waals surface area contributed by atoms with Gasteiger partial charge in [-0.15, -0.1) is 0 Å². The molecule has 3 N–H and O–H groups in total. The number of aryl methyl sites for hydroxylation is 1. The second-order valence-electron chi connectivity index (χ2n) is 4.87. The van der Waals surface area contributed by atoms with Crippen LogP contribution in [0.25, 0.3) is 0 Å². The molecule has 1 aromatic rings. The van der Waals surface area contributed by atoms with Gasteiger partial charge in [-0.05, 0) is 43.5 Å². The van der Waals surface area contributed by atoms with Crippen LogP contribution in [0.3, 0.4) is 0 Å². The number of rotatable bonds is 5. The van der Waals surface area contributed by atoms with E-state index < -0.39 is 17.9 Å². The Bertz CT molecular complexity index is 581. The molecule has 0 unspecified atom stereocenters. The molecule has 0 aliphatic heterocycles. The van der Waals surface area contributed by atoms with Crippen LogP contribution in [0, 0.1) is 6.92 Å². The number of benzene rings is 1. The normalized spacial score (nSPS) is 13.4. The lowest BCUT2D eigenvalue weighted by Gasteiger charge is -2.09. The maximum atomic E-state index is 11.5.